The number of esters is 1. The Labute approximate surface area is 179 Å². The monoisotopic (exact) mass is 410 g/mol. The van der Waals surface area contributed by atoms with Gasteiger partial charge in [-0.2, -0.15) is 0 Å². The highest BCUT2D eigenvalue weighted by Gasteiger charge is 2.51. The molecule has 0 bridgehead atoms. The fourth-order valence-electron chi connectivity index (χ4n) is 6.71. The molecule has 0 radical (unpaired) electrons. The molecule has 0 aromatic heterocycles. The minimum absolute atomic E-state index is 0.0167. The fourth-order valence-corrected chi connectivity index (χ4v) is 6.71. The van der Waals surface area contributed by atoms with Crippen LogP contribution in [0.5, 0.6) is 0 Å². The van der Waals surface area contributed by atoms with Gasteiger partial charge in [0.2, 0.25) is 5.91 Å². The maximum absolute atomic E-state index is 13.5. The van der Waals surface area contributed by atoms with Gasteiger partial charge in [0, 0.05) is 6.92 Å². The zero-order chi connectivity index (χ0) is 20.7. The highest BCUT2D eigenvalue weighted by Crippen LogP contribution is 2.50. The lowest BCUT2D eigenvalue weighted by Gasteiger charge is -2.40. The maximum Gasteiger partial charge on any atom is 0.304 e. The van der Waals surface area contributed by atoms with Crippen molar-refractivity contribution < 1.29 is 14.3 Å². The van der Waals surface area contributed by atoms with E-state index in [4.69, 9.17) is 4.74 Å². The first-order chi connectivity index (χ1) is 14.6. The standard InChI is InChI=1S/C25H34N2O3/c1-17(28)30-16-27-23-9-8-21(20-7-6-18-4-2-3-5-19(18)14-20)15-22(23)25(24(27)29)10-12-26-13-11-25/h8-9,15,18-20,26H,2-7,10-14,16H2,1H3. The summed E-state index contributed by atoms with van der Waals surface area (Å²) in [5.74, 6) is 2.21. The molecule has 5 nitrogen and oxygen atoms in total. The molecule has 1 aromatic rings. The van der Waals surface area contributed by atoms with Crippen LogP contribution < -0.4 is 10.2 Å². The van der Waals surface area contributed by atoms with Crippen LogP contribution in [-0.4, -0.2) is 31.7 Å². The van der Waals surface area contributed by atoms with E-state index in [-0.39, 0.29) is 18.6 Å². The molecule has 2 saturated carbocycles. The Morgan fingerprint density at radius 3 is 2.67 bits per heavy atom. The molecule has 1 spiro atoms. The third kappa shape index (κ3) is 3.35. The second kappa shape index (κ2) is 7.99. The normalized spacial score (nSPS) is 30.1. The molecule has 1 N–H and O–H groups in total. The van der Waals surface area contributed by atoms with Crippen LogP contribution in [0.3, 0.4) is 0 Å². The van der Waals surface area contributed by atoms with Crippen LogP contribution in [0.25, 0.3) is 0 Å². The number of carbonyl (C=O) groups excluding carboxylic acids is 2. The molecule has 162 valence electrons. The lowest BCUT2D eigenvalue weighted by molar-refractivity contribution is -0.141. The number of hydrogen-bond acceptors (Lipinski definition) is 4. The topological polar surface area (TPSA) is 58.6 Å². The summed E-state index contributed by atoms with van der Waals surface area (Å²) in [5.41, 5.74) is 3.07. The van der Waals surface area contributed by atoms with Gasteiger partial charge in [0.05, 0.1) is 11.1 Å². The lowest BCUT2D eigenvalue weighted by atomic mass is 9.65. The Bertz CT molecular complexity index is 830. The van der Waals surface area contributed by atoms with Crippen molar-refractivity contribution in [3.63, 3.8) is 0 Å². The van der Waals surface area contributed by atoms with Crippen LogP contribution in [0.15, 0.2) is 18.2 Å². The first kappa shape index (κ1) is 20.0. The van der Waals surface area contributed by atoms with E-state index in [0.717, 1.165) is 43.5 Å². The van der Waals surface area contributed by atoms with Crippen molar-refractivity contribution in [2.45, 2.75) is 76.0 Å². The average Bonchev–Trinajstić information content (AvgIpc) is 2.99. The number of amides is 1. The SMILES string of the molecule is CC(=O)OCN1C(=O)C2(CCNCC2)c2cc(C3CCC4CCCCC4C3)ccc21. The molecule has 1 aromatic carbocycles. The van der Waals surface area contributed by atoms with Crippen LogP contribution in [0, 0.1) is 11.8 Å². The fraction of sp³-hybridized carbons (Fsp3) is 0.680. The minimum Gasteiger partial charge on any atom is -0.444 e. The number of nitrogens with zero attached hydrogens (tertiary/aromatic N) is 1. The van der Waals surface area contributed by atoms with Crippen molar-refractivity contribution in [2.75, 3.05) is 24.7 Å². The average molecular weight is 411 g/mol. The van der Waals surface area contributed by atoms with Crippen LogP contribution in [-0.2, 0) is 19.7 Å². The van der Waals surface area contributed by atoms with Gasteiger partial charge in [-0.25, -0.2) is 0 Å². The van der Waals surface area contributed by atoms with E-state index in [1.54, 1.807) is 4.90 Å². The van der Waals surface area contributed by atoms with E-state index in [2.05, 4.69) is 23.5 Å². The third-order valence-electron chi connectivity index (χ3n) is 8.35. The number of ether oxygens (including phenoxy) is 1. The maximum atomic E-state index is 13.5. The first-order valence-electron chi connectivity index (χ1n) is 11.9. The van der Waals surface area contributed by atoms with Crippen molar-refractivity contribution in [2.24, 2.45) is 11.8 Å². The van der Waals surface area contributed by atoms with Crippen molar-refractivity contribution in [1.82, 2.24) is 5.32 Å². The van der Waals surface area contributed by atoms with E-state index in [1.165, 1.54) is 63.0 Å². The van der Waals surface area contributed by atoms with Gasteiger partial charge in [-0.15, -0.1) is 0 Å². The molecular formula is C25H34N2O3. The number of piperidine rings is 1. The summed E-state index contributed by atoms with van der Waals surface area (Å²) >= 11 is 0. The van der Waals surface area contributed by atoms with E-state index in [9.17, 15) is 9.59 Å². The number of benzene rings is 1. The number of nitrogens with one attached hydrogen (secondary N) is 1. The predicted octanol–water partition coefficient (Wildman–Crippen LogP) is 4.25. The van der Waals surface area contributed by atoms with Gasteiger partial charge >= 0.3 is 5.97 Å². The second-order valence-corrected chi connectivity index (χ2v) is 9.92. The number of anilines is 1. The summed E-state index contributed by atoms with van der Waals surface area (Å²) in [6, 6.07) is 6.71. The van der Waals surface area contributed by atoms with E-state index < -0.39 is 5.41 Å². The van der Waals surface area contributed by atoms with Gasteiger partial charge in [0.25, 0.3) is 0 Å². The Morgan fingerprint density at radius 2 is 1.90 bits per heavy atom. The van der Waals surface area contributed by atoms with E-state index in [0.29, 0.717) is 5.92 Å². The summed E-state index contributed by atoms with van der Waals surface area (Å²) in [6.45, 7) is 3.11. The van der Waals surface area contributed by atoms with Crippen molar-refractivity contribution in [1.29, 1.82) is 0 Å². The summed E-state index contributed by atoms with van der Waals surface area (Å²) in [4.78, 5) is 26.6. The van der Waals surface area contributed by atoms with Crippen LogP contribution >= 0.6 is 0 Å². The number of rotatable bonds is 3. The molecule has 2 heterocycles. The quantitative estimate of drug-likeness (QED) is 0.757. The summed E-state index contributed by atoms with van der Waals surface area (Å²) in [5, 5.41) is 3.41. The molecule has 3 unspecified atom stereocenters. The van der Waals surface area contributed by atoms with Gasteiger partial charge in [-0.1, -0.05) is 37.8 Å². The summed E-state index contributed by atoms with van der Waals surface area (Å²) in [6.07, 6.45) is 11.2. The summed E-state index contributed by atoms with van der Waals surface area (Å²) < 4.78 is 5.24. The molecule has 4 aliphatic rings. The van der Waals surface area contributed by atoms with Crippen molar-refractivity contribution in [3.05, 3.63) is 29.3 Å². The predicted molar refractivity (Wildman–Crippen MR) is 116 cm³/mol. The lowest BCUT2D eigenvalue weighted by Crippen LogP contribution is -2.47. The molecule has 30 heavy (non-hydrogen) atoms. The molecule has 3 atom stereocenters. The number of fused-ring (bicyclic) bond motifs is 3. The van der Waals surface area contributed by atoms with Gasteiger partial charge < -0.3 is 10.1 Å². The van der Waals surface area contributed by atoms with Crippen LogP contribution in [0.2, 0.25) is 0 Å². The van der Waals surface area contributed by atoms with Crippen LogP contribution in [0.4, 0.5) is 5.69 Å². The third-order valence-corrected chi connectivity index (χ3v) is 8.35. The smallest absolute Gasteiger partial charge is 0.304 e. The van der Waals surface area contributed by atoms with Crippen molar-refractivity contribution in [3.8, 4) is 0 Å². The van der Waals surface area contributed by atoms with Gasteiger partial charge in [0.1, 0.15) is 0 Å². The zero-order valence-electron chi connectivity index (χ0n) is 18.1. The molecule has 2 aliphatic heterocycles. The highest BCUT2D eigenvalue weighted by atomic mass is 16.5. The molecule has 5 heteroatoms. The molecule has 1 saturated heterocycles. The Balaban J connectivity index is 1.46. The zero-order valence-corrected chi connectivity index (χ0v) is 18.1. The van der Waals surface area contributed by atoms with Crippen molar-refractivity contribution >= 4 is 17.6 Å². The Kier molecular flexibility index (Phi) is 5.34. The number of hydrogen-bond donors (Lipinski definition) is 1. The molecule has 3 fully saturated rings. The minimum atomic E-state index is -0.460. The molecule has 5 rings (SSSR count). The molecule has 1 amide bonds. The second-order valence-electron chi connectivity index (χ2n) is 9.92. The van der Waals surface area contributed by atoms with E-state index in [1.807, 2.05) is 0 Å². The summed E-state index contributed by atoms with van der Waals surface area (Å²) in [7, 11) is 0. The number of carbonyl (C=O) groups is 2. The Hall–Kier alpha value is -1.88. The highest BCUT2D eigenvalue weighted by molar-refractivity contribution is 6.08. The van der Waals surface area contributed by atoms with Gasteiger partial charge in [0.15, 0.2) is 6.73 Å². The molecular weight excluding hydrogens is 376 g/mol. The van der Waals surface area contributed by atoms with E-state index >= 15 is 0 Å². The largest absolute Gasteiger partial charge is 0.444 e. The Morgan fingerprint density at radius 1 is 1.13 bits per heavy atom. The molecule has 2 aliphatic carbocycles. The first-order valence-corrected chi connectivity index (χ1v) is 11.9. The van der Waals surface area contributed by atoms with Gasteiger partial charge in [-0.05, 0) is 80.1 Å². The van der Waals surface area contributed by atoms with Gasteiger partial charge in [-0.3, -0.25) is 14.5 Å². The van der Waals surface area contributed by atoms with Crippen LogP contribution in [0.1, 0.15) is 81.8 Å².